The van der Waals surface area contributed by atoms with E-state index in [1.54, 1.807) is 42.5 Å². The number of nitrogens with zero attached hydrogens (tertiary/aromatic N) is 2. The second-order valence-corrected chi connectivity index (χ2v) is 5.68. The van der Waals surface area contributed by atoms with Crippen molar-refractivity contribution in [1.82, 2.24) is 0 Å². The number of carbonyl (C=O) groups is 1. The maximum Gasteiger partial charge on any atom is 0.363 e. The van der Waals surface area contributed by atoms with Gasteiger partial charge in [-0.25, -0.2) is 9.79 Å². The van der Waals surface area contributed by atoms with E-state index in [0.717, 1.165) is 0 Å². The Balaban J connectivity index is 1.66. The smallest absolute Gasteiger partial charge is 0.363 e. The van der Waals surface area contributed by atoms with Crippen molar-refractivity contribution in [3.05, 3.63) is 93.9 Å². The summed E-state index contributed by atoms with van der Waals surface area (Å²) < 4.78 is 10.8. The number of nitro benzene ring substituents is 1. The number of esters is 1. The molecule has 0 radical (unpaired) electrons. The third kappa shape index (κ3) is 3.25. The summed E-state index contributed by atoms with van der Waals surface area (Å²) in [6, 6.07) is 18.6. The van der Waals surface area contributed by atoms with Crippen LogP contribution in [0.4, 0.5) is 5.69 Å². The summed E-state index contributed by atoms with van der Waals surface area (Å²) in [4.78, 5) is 26.9. The lowest BCUT2D eigenvalue weighted by Gasteiger charge is -1.98. The number of nitro groups is 1. The van der Waals surface area contributed by atoms with Gasteiger partial charge >= 0.3 is 5.97 Å². The highest BCUT2D eigenvalue weighted by Crippen LogP contribution is 2.31. The van der Waals surface area contributed by atoms with E-state index in [1.165, 1.54) is 12.1 Å². The molecule has 4 rings (SSSR count). The molecule has 1 aromatic heterocycles. The maximum absolute atomic E-state index is 12.0. The van der Waals surface area contributed by atoms with E-state index in [-0.39, 0.29) is 17.3 Å². The number of hydrogen-bond donors (Lipinski definition) is 0. The summed E-state index contributed by atoms with van der Waals surface area (Å²) in [7, 11) is 0. The molecular formula is C20H12N2O5. The van der Waals surface area contributed by atoms with Gasteiger partial charge < -0.3 is 9.15 Å². The van der Waals surface area contributed by atoms with Crippen LogP contribution in [0.25, 0.3) is 17.4 Å². The van der Waals surface area contributed by atoms with Crippen molar-refractivity contribution < 1.29 is 18.9 Å². The molecule has 7 nitrogen and oxygen atoms in total. The lowest BCUT2D eigenvalue weighted by molar-refractivity contribution is -0.384. The normalized spacial score (nSPS) is 14.9. The fourth-order valence-corrected chi connectivity index (χ4v) is 2.66. The van der Waals surface area contributed by atoms with E-state index in [4.69, 9.17) is 9.15 Å². The highest BCUT2D eigenvalue weighted by Gasteiger charge is 2.24. The Morgan fingerprint density at radius 2 is 1.70 bits per heavy atom. The van der Waals surface area contributed by atoms with Crippen LogP contribution in [-0.4, -0.2) is 16.8 Å². The molecule has 1 aliphatic heterocycles. The number of ether oxygens (including phenoxy) is 1. The molecule has 0 atom stereocenters. The third-order valence-corrected chi connectivity index (χ3v) is 3.91. The molecule has 3 aromatic rings. The van der Waals surface area contributed by atoms with Crippen LogP contribution in [0.5, 0.6) is 0 Å². The molecule has 0 aliphatic carbocycles. The molecule has 0 spiro atoms. The Morgan fingerprint density at radius 1 is 0.963 bits per heavy atom. The van der Waals surface area contributed by atoms with Gasteiger partial charge in [-0.05, 0) is 30.3 Å². The van der Waals surface area contributed by atoms with Crippen molar-refractivity contribution in [2.45, 2.75) is 0 Å². The molecule has 0 bridgehead atoms. The monoisotopic (exact) mass is 360 g/mol. The first-order valence-electron chi connectivity index (χ1n) is 8.03. The highest BCUT2D eigenvalue weighted by atomic mass is 16.6. The molecule has 0 amide bonds. The lowest BCUT2D eigenvalue weighted by Crippen LogP contribution is -2.04. The van der Waals surface area contributed by atoms with Crippen molar-refractivity contribution in [2.24, 2.45) is 4.99 Å². The van der Waals surface area contributed by atoms with E-state index in [0.29, 0.717) is 22.6 Å². The van der Waals surface area contributed by atoms with Gasteiger partial charge in [-0.2, -0.15) is 0 Å². The van der Waals surface area contributed by atoms with Crippen molar-refractivity contribution in [3.63, 3.8) is 0 Å². The number of cyclic esters (lactones) is 1. The zero-order valence-corrected chi connectivity index (χ0v) is 13.9. The number of aliphatic imine (C=N–C) groups is 1. The summed E-state index contributed by atoms with van der Waals surface area (Å²) in [5.74, 6) is 0.302. The van der Waals surface area contributed by atoms with E-state index >= 15 is 0 Å². The van der Waals surface area contributed by atoms with Gasteiger partial charge in [0, 0.05) is 17.7 Å². The molecular weight excluding hydrogens is 348 g/mol. The van der Waals surface area contributed by atoms with Crippen LogP contribution in [0.1, 0.15) is 11.3 Å². The average molecular weight is 360 g/mol. The fraction of sp³-hybridized carbons (Fsp3) is 0. The minimum Gasteiger partial charge on any atom is -0.456 e. The van der Waals surface area contributed by atoms with Gasteiger partial charge in [0.1, 0.15) is 11.5 Å². The van der Waals surface area contributed by atoms with E-state index < -0.39 is 10.9 Å². The van der Waals surface area contributed by atoms with Crippen LogP contribution in [0, 0.1) is 10.1 Å². The largest absolute Gasteiger partial charge is 0.456 e. The predicted molar refractivity (Wildman–Crippen MR) is 97.8 cm³/mol. The summed E-state index contributed by atoms with van der Waals surface area (Å²) in [6.07, 6.45) is 1.44. The van der Waals surface area contributed by atoms with Crippen LogP contribution in [0.2, 0.25) is 0 Å². The first kappa shape index (κ1) is 16.5. The summed E-state index contributed by atoms with van der Waals surface area (Å²) in [5, 5.41) is 11.2. The Bertz CT molecular complexity index is 1100. The molecule has 0 saturated heterocycles. The van der Waals surface area contributed by atoms with Crippen LogP contribution in [0.15, 0.2) is 81.8 Å². The molecule has 0 saturated carbocycles. The second kappa shape index (κ2) is 6.72. The molecule has 2 aromatic carbocycles. The Kier molecular flexibility index (Phi) is 4.10. The SMILES string of the molecule is O=C1OC(c2ccccc2)=N/C1=C\c1ccc(-c2ccccc2[N+](=O)[O-])o1. The minimum atomic E-state index is -0.586. The molecule has 0 unspecified atom stereocenters. The van der Waals surface area contributed by atoms with Gasteiger partial charge in [-0.1, -0.05) is 30.3 Å². The number of hydrogen-bond acceptors (Lipinski definition) is 6. The summed E-state index contributed by atoms with van der Waals surface area (Å²) in [5.41, 5.74) is 1.08. The number of benzene rings is 2. The number of furan rings is 1. The molecule has 0 fully saturated rings. The molecule has 2 heterocycles. The molecule has 0 N–H and O–H groups in total. The Hall–Kier alpha value is -4.00. The number of carbonyl (C=O) groups excluding carboxylic acids is 1. The van der Waals surface area contributed by atoms with E-state index in [9.17, 15) is 14.9 Å². The van der Waals surface area contributed by atoms with Gasteiger partial charge in [0.25, 0.3) is 5.69 Å². The van der Waals surface area contributed by atoms with Crippen LogP contribution >= 0.6 is 0 Å². The topological polar surface area (TPSA) is 94.9 Å². The minimum absolute atomic E-state index is 0.0595. The van der Waals surface area contributed by atoms with Crippen LogP contribution in [-0.2, 0) is 9.53 Å². The molecule has 27 heavy (non-hydrogen) atoms. The van der Waals surface area contributed by atoms with Crippen LogP contribution in [0.3, 0.4) is 0 Å². The Labute approximate surface area is 153 Å². The predicted octanol–water partition coefficient (Wildman–Crippen LogP) is 4.20. The molecule has 132 valence electrons. The fourth-order valence-electron chi connectivity index (χ4n) is 2.66. The highest BCUT2D eigenvalue weighted by molar-refractivity contribution is 6.12. The zero-order chi connectivity index (χ0) is 18.8. The van der Waals surface area contributed by atoms with Gasteiger partial charge in [0.15, 0.2) is 5.70 Å². The quantitative estimate of drug-likeness (QED) is 0.301. The van der Waals surface area contributed by atoms with Crippen LogP contribution < -0.4 is 0 Å². The van der Waals surface area contributed by atoms with Crippen molar-refractivity contribution in [2.75, 3.05) is 0 Å². The first-order chi connectivity index (χ1) is 13.1. The first-order valence-corrected chi connectivity index (χ1v) is 8.03. The third-order valence-electron chi connectivity index (χ3n) is 3.91. The standard InChI is InChI=1S/C20H12N2O5/c23-20-16(21-19(27-20)13-6-2-1-3-7-13)12-14-10-11-18(26-14)15-8-4-5-9-17(15)22(24)25/h1-12H/b16-12-. The average Bonchev–Trinajstić information content (AvgIpc) is 3.30. The van der Waals surface area contributed by atoms with Crippen molar-refractivity contribution in [3.8, 4) is 11.3 Å². The number of rotatable bonds is 4. The van der Waals surface area contributed by atoms with Crippen molar-refractivity contribution >= 4 is 23.6 Å². The second-order valence-electron chi connectivity index (χ2n) is 5.68. The summed E-state index contributed by atoms with van der Waals surface area (Å²) >= 11 is 0. The van der Waals surface area contributed by atoms with Gasteiger partial charge in [0.2, 0.25) is 5.90 Å². The molecule has 1 aliphatic rings. The van der Waals surface area contributed by atoms with Crippen molar-refractivity contribution in [1.29, 1.82) is 0 Å². The molecule has 7 heteroatoms. The zero-order valence-electron chi connectivity index (χ0n) is 13.9. The summed E-state index contributed by atoms with van der Waals surface area (Å²) in [6.45, 7) is 0. The van der Waals surface area contributed by atoms with E-state index in [1.807, 2.05) is 18.2 Å². The van der Waals surface area contributed by atoms with Gasteiger partial charge in [-0.15, -0.1) is 0 Å². The van der Waals surface area contributed by atoms with Gasteiger partial charge in [0.05, 0.1) is 10.5 Å². The maximum atomic E-state index is 12.0. The van der Waals surface area contributed by atoms with E-state index in [2.05, 4.69) is 4.99 Å². The Morgan fingerprint density at radius 3 is 2.48 bits per heavy atom. The number of para-hydroxylation sites is 1. The lowest BCUT2D eigenvalue weighted by atomic mass is 10.1. The van der Waals surface area contributed by atoms with Gasteiger partial charge in [-0.3, -0.25) is 10.1 Å².